The maximum Gasteiger partial charge on any atom is 0.231 e. The van der Waals surface area contributed by atoms with E-state index < -0.39 is 0 Å². The number of aromatic nitrogens is 5. The highest BCUT2D eigenvalue weighted by Crippen LogP contribution is 2.40. The molecule has 0 N–H and O–H groups in total. The van der Waals surface area contributed by atoms with Gasteiger partial charge in [-0.2, -0.15) is 4.98 Å². The highest BCUT2D eigenvalue weighted by Gasteiger charge is 2.22. The van der Waals surface area contributed by atoms with Crippen molar-refractivity contribution in [2.24, 2.45) is 0 Å². The molecule has 0 unspecified atom stereocenters. The van der Waals surface area contributed by atoms with Gasteiger partial charge in [0.15, 0.2) is 11.6 Å². The van der Waals surface area contributed by atoms with E-state index in [-0.39, 0.29) is 0 Å². The maximum atomic E-state index is 6.57. The van der Waals surface area contributed by atoms with Crippen LogP contribution in [0.1, 0.15) is 0 Å². The van der Waals surface area contributed by atoms with Gasteiger partial charge in [0.05, 0.1) is 27.8 Å². The molecule has 7 aromatic carbocycles. The summed E-state index contributed by atoms with van der Waals surface area (Å²) in [7, 11) is 0. The molecule has 4 aromatic heterocycles. The summed E-state index contributed by atoms with van der Waals surface area (Å²) in [5.41, 5.74) is 11.9. The first-order valence-electron chi connectivity index (χ1n) is 18.6. The molecule has 0 atom stereocenters. The Morgan fingerprint density at radius 3 is 1.61 bits per heavy atom. The number of rotatable bonds is 6. The highest BCUT2D eigenvalue weighted by atomic mass is 16.3. The predicted octanol–water partition coefficient (Wildman–Crippen LogP) is 12.6. The molecule has 0 amide bonds. The molecule has 11 rings (SSSR count). The molecule has 6 heteroatoms. The van der Waals surface area contributed by atoms with E-state index in [4.69, 9.17) is 24.4 Å². The Bertz CT molecular complexity index is 3170. The minimum atomic E-state index is 0.484. The van der Waals surface area contributed by atoms with Crippen LogP contribution >= 0.6 is 0 Å². The number of furan rings is 1. The Morgan fingerprint density at radius 1 is 0.375 bits per heavy atom. The number of hydrogen-bond acceptors (Lipinski definition) is 5. The first-order chi connectivity index (χ1) is 27.7. The number of hydrogen-bond donors (Lipinski definition) is 0. The molecule has 0 saturated carbocycles. The number of fused-ring (bicyclic) bond motifs is 6. The van der Waals surface area contributed by atoms with Crippen molar-refractivity contribution >= 4 is 43.9 Å². The predicted molar refractivity (Wildman–Crippen MR) is 226 cm³/mol. The molecule has 0 aliphatic heterocycles. The molecule has 0 aliphatic rings. The zero-order valence-corrected chi connectivity index (χ0v) is 30.0. The van der Waals surface area contributed by atoms with Gasteiger partial charge in [0.1, 0.15) is 11.3 Å². The maximum absolute atomic E-state index is 6.57. The van der Waals surface area contributed by atoms with E-state index in [0.29, 0.717) is 28.6 Å². The molecule has 11 aromatic rings. The molecule has 262 valence electrons. The molecule has 0 bridgehead atoms. The SMILES string of the molecule is c1ccc(-c2cc(-c3ccccc3)nc(-c3nc(-c4ccccc4)nc4oc5ccc(-c6ccc7c(c6)c6ccccc6n7-c6ccccc6)cc5c34)n2)cc1. The van der Waals surface area contributed by atoms with E-state index in [0.717, 1.165) is 61.2 Å². The lowest BCUT2D eigenvalue weighted by atomic mass is 10.0. The van der Waals surface area contributed by atoms with Gasteiger partial charge in [-0.15, -0.1) is 0 Å². The first-order valence-corrected chi connectivity index (χ1v) is 18.6. The van der Waals surface area contributed by atoms with Gasteiger partial charge in [0, 0.05) is 38.5 Å². The zero-order chi connectivity index (χ0) is 37.0. The van der Waals surface area contributed by atoms with Gasteiger partial charge in [0.2, 0.25) is 5.71 Å². The standard InChI is InChI=1S/C50H31N5O/c1-5-15-32(16-6-1)41-31-42(33-17-7-2-8-18-33)52-49(51-41)47-46-40-30-36(26-28-45(40)56-50(46)54-48(53-47)34-19-9-3-10-20-34)35-25-27-44-39(29-35)38-23-13-14-24-43(38)55(44)37-21-11-4-12-22-37/h1-31H. The topological polar surface area (TPSA) is 69.6 Å². The van der Waals surface area contributed by atoms with E-state index >= 15 is 0 Å². The van der Waals surface area contributed by atoms with Crippen LogP contribution < -0.4 is 0 Å². The summed E-state index contributed by atoms with van der Waals surface area (Å²) < 4.78 is 8.90. The van der Waals surface area contributed by atoms with Crippen LogP contribution in [0.5, 0.6) is 0 Å². The molecular formula is C50H31N5O. The smallest absolute Gasteiger partial charge is 0.231 e. The average molecular weight is 718 g/mol. The lowest BCUT2D eigenvalue weighted by Gasteiger charge is -2.11. The second-order valence-electron chi connectivity index (χ2n) is 13.9. The van der Waals surface area contributed by atoms with Gasteiger partial charge in [0.25, 0.3) is 0 Å². The Hall–Kier alpha value is -7.70. The van der Waals surface area contributed by atoms with Crippen LogP contribution in [0.25, 0.3) is 106 Å². The normalized spacial score (nSPS) is 11.6. The highest BCUT2D eigenvalue weighted by molar-refractivity contribution is 6.13. The molecule has 0 saturated heterocycles. The van der Waals surface area contributed by atoms with Crippen molar-refractivity contribution in [3.05, 3.63) is 188 Å². The van der Waals surface area contributed by atoms with Crippen LogP contribution in [-0.2, 0) is 0 Å². The first kappa shape index (κ1) is 31.8. The quantitative estimate of drug-likeness (QED) is 0.171. The van der Waals surface area contributed by atoms with Crippen LogP contribution in [-0.4, -0.2) is 24.5 Å². The van der Waals surface area contributed by atoms with Gasteiger partial charge < -0.3 is 8.98 Å². The van der Waals surface area contributed by atoms with Crippen molar-refractivity contribution in [3.8, 4) is 62.2 Å². The second kappa shape index (κ2) is 13.0. The monoisotopic (exact) mass is 717 g/mol. The fraction of sp³-hybridized carbons (Fsp3) is 0. The second-order valence-corrected chi connectivity index (χ2v) is 13.9. The van der Waals surface area contributed by atoms with Crippen LogP contribution in [0.2, 0.25) is 0 Å². The summed E-state index contributed by atoms with van der Waals surface area (Å²) in [6, 6.07) is 64.6. The average Bonchev–Trinajstić information content (AvgIpc) is 3.82. The van der Waals surface area contributed by atoms with Crippen LogP contribution in [0, 0.1) is 0 Å². The summed E-state index contributed by atoms with van der Waals surface area (Å²) in [6.45, 7) is 0. The van der Waals surface area contributed by atoms with E-state index in [9.17, 15) is 0 Å². The third kappa shape index (κ3) is 5.35. The van der Waals surface area contributed by atoms with Crippen molar-refractivity contribution in [3.63, 3.8) is 0 Å². The molecule has 4 heterocycles. The van der Waals surface area contributed by atoms with E-state index in [2.05, 4.69) is 114 Å². The fourth-order valence-electron chi connectivity index (χ4n) is 7.81. The van der Waals surface area contributed by atoms with Gasteiger partial charge in [-0.25, -0.2) is 15.0 Å². The molecule has 6 nitrogen and oxygen atoms in total. The molecule has 0 spiro atoms. The zero-order valence-electron chi connectivity index (χ0n) is 30.0. The van der Waals surface area contributed by atoms with E-state index in [1.807, 2.05) is 78.9 Å². The Balaban J connectivity index is 1.15. The van der Waals surface area contributed by atoms with Gasteiger partial charge in [-0.3, -0.25) is 0 Å². The van der Waals surface area contributed by atoms with E-state index in [1.165, 1.54) is 16.3 Å². The lowest BCUT2D eigenvalue weighted by molar-refractivity contribution is 0.653. The van der Waals surface area contributed by atoms with Crippen LogP contribution in [0.15, 0.2) is 192 Å². The van der Waals surface area contributed by atoms with Crippen molar-refractivity contribution < 1.29 is 4.42 Å². The largest absolute Gasteiger partial charge is 0.438 e. The van der Waals surface area contributed by atoms with Gasteiger partial charge in [-0.05, 0) is 59.7 Å². The molecule has 0 radical (unpaired) electrons. The number of benzene rings is 7. The van der Waals surface area contributed by atoms with E-state index in [1.54, 1.807) is 0 Å². The fourth-order valence-corrected chi connectivity index (χ4v) is 7.81. The molecule has 56 heavy (non-hydrogen) atoms. The number of para-hydroxylation sites is 2. The Morgan fingerprint density at radius 2 is 0.929 bits per heavy atom. The molecule has 0 aliphatic carbocycles. The summed E-state index contributed by atoms with van der Waals surface area (Å²) in [6.07, 6.45) is 0. The minimum absolute atomic E-state index is 0.484. The summed E-state index contributed by atoms with van der Waals surface area (Å²) >= 11 is 0. The Kier molecular flexibility index (Phi) is 7.38. The molecular weight excluding hydrogens is 687 g/mol. The molecule has 0 fully saturated rings. The lowest BCUT2D eigenvalue weighted by Crippen LogP contribution is -2.00. The number of nitrogens with zero attached hydrogens (tertiary/aromatic N) is 5. The summed E-state index contributed by atoms with van der Waals surface area (Å²) in [5.74, 6) is 1.04. The summed E-state index contributed by atoms with van der Waals surface area (Å²) in [5, 5.41) is 4.06. The summed E-state index contributed by atoms with van der Waals surface area (Å²) in [4.78, 5) is 20.6. The Labute approximate surface area is 322 Å². The van der Waals surface area contributed by atoms with Gasteiger partial charge >= 0.3 is 0 Å². The van der Waals surface area contributed by atoms with Crippen LogP contribution in [0.3, 0.4) is 0 Å². The van der Waals surface area contributed by atoms with Crippen molar-refractivity contribution in [2.75, 3.05) is 0 Å². The van der Waals surface area contributed by atoms with Crippen LogP contribution in [0.4, 0.5) is 0 Å². The van der Waals surface area contributed by atoms with Crippen molar-refractivity contribution in [1.82, 2.24) is 24.5 Å². The third-order valence-corrected chi connectivity index (χ3v) is 10.5. The van der Waals surface area contributed by atoms with Crippen molar-refractivity contribution in [1.29, 1.82) is 0 Å². The minimum Gasteiger partial charge on any atom is -0.438 e. The van der Waals surface area contributed by atoms with Gasteiger partial charge in [-0.1, -0.05) is 140 Å². The van der Waals surface area contributed by atoms with Crippen molar-refractivity contribution in [2.45, 2.75) is 0 Å². The third-order valence-electron chi connectivity index (χ3n) is 10.5.